The lowest BCUT2D eigenvalue weighted by Crippen LogP contribution is -2.44. The summed E-state index contributed by atoms with van der Waals surface area (Å²) in [6.07, 6.45) is 5.49. The van der Waals surface area contributed by atoms with Gasteiger partial charge in [0.1, 0.15) is 5.75 Å². The molecule has 0 radical (unpaired) electrons. The molecule has 2 aliphatic heterocycles. The van der Waals surface area contributed by atoms with E-state index in [2.05, 4.69) is 74.0 Å². The van der Waals surface area contributed by atoms with Gasteiger partial charge in [-0.25, -0.2) is 0 Å². The SMILES string of the molecule is CN=C(NCc1ccc(N2CC=CC2)cc1)NC1CCN(c2ccccc2OC)C1.I. The first kappa shape index (κ1) is 23.2. The molecule has 1 saturated heterocycles. The molecule has 1 unspecified atom stereocenters. The van der Waals surface area contributed by atoms with E-state index in [9.17, 15) is 0 Å². The lowest BCUT2D eigenvalue weighted by atomic mass is 10.2. The summed E-state index contributed by atoms with van der Waals surface area (Å²) in [7, 11) is 3.55. The predicted octanol–water partition coefficient (Wildman–Crippen LogP) is 3.63. The Balaban J connectivity index is 0.00000272. The lowest BCUT2D eigenvalue weighted by molar-refractivity contribution is 0.415. The largest absolute Gasteiger partial charge is 0.495 e. The normalized spacial score (nSPS) is 18.1. The van der Waals surface area contributed by atoms with Gasteiger partial charge in [-0.2, -0.15) is 0 Å². The predicted molar refractivity (Wildman–Crippen MR) is 140 cm³/mol. The van der Waals surface area contributed by atoms with Crippen LogP contribution in [-0.2, 0) is 6.54 Å². The number of rotatable bonds is 6. The van der Waals surface area contributed by atoms with Crippen LogP contribution in [0.5, 0.6) is 5.75 Å². The maximum Gasteiger partial charge on any atom is 0.191 e. The molecule has 6 nitrogen and oxygen atoms in total. The Kier molecular flexibility index (Phi) is 8.45. The van der Waals surface area contributed by atoms with Crippen LogP contribution in [0.3, 0.4) is 0 Å². The van der Waals surface area contributed by atoms with Gasteiger partial charge in [-0.3, -0.25) is 4.99 Å². The smallest absolute Gasteiger partial charge is 0.191 e. The van der Waals surface area contributed by atoms with Crippen LogP contribution in [0.25, 0.3) is 0 Å². The average Bonchev–Trinajstić information content (AvgIpc) is 3.49. The van der Waals surface area contributed by atoms with Crippen molar-refractivity contribution in [3.05, 3.63) is 66.2 Å². The third kappa shape index (κ3) is 5.84. The highest BCUT2D eigenvalue weighted by atomic mass is 127. The van der Waals surface area contributed by atoms with E-state index in [1.165, 1.54) is 11.3 Å². The van der Waals surface area contributed by atoms with Gasteiger partial charge in [-0.15, -0.1) is 24.0 Å². The molecule has 1 fully saturated rings. The first-order valence-corrected chi connectivity index (χ1v) is 10.6. The maximum atomic E-state index is 5.52. The highest BCUT2D eigenvalue weighted by Gasteiger charge is 2.25. The van der Waals surface area contributed by atoms with Crippen LogP contribution in [0.2, 0.25) is 0 Å². The second-order valence-electron chi connectivity index (χ2n) is 7.72. The van der Waals surface area contributed by atoms with E-state index in [1.54, 1.807) is 7.11 Å². The van der Waals surface area contributed by atoms with Crippen LogP contribution < -0.4 is 25.2 Å². The molecule has 0 spiro atoms. The Morgan fingerprint density at radius 2 is 1.81 bits per heavy atom. The van der Waals surface area contributed by atoms with Crippen molar-refractivity contribution >= 4 is 41.3 Å². The van der Waals surface area contributed by atoms with Gasteiger partial charge in [0.2, 0.25) is 0 Å². The topological polar surface area (TPSA) is 52.1 Å². The first-order chi connectivity index (χ1) is 14.8. The van der Waals surface area contributed by atoms with Crippen molar-refractivity contribution < 1.29 is 4.74 Å². The van der Waals surface area contributed by atoms with Crippen LogP contribution >= 0.6 is 24.0 Å². The molecule has 1 atom stereocenters. The van der Waals surface area contributed by atoms with Crippen molar-refractivity contribution in [1.82, 2.24) is 10.6 Å². The van der Waals surface area contributed by atoms with Gasteiger partial charge in [-0.05, 0) is 36.2 Å². The number of benzene rings is 2. The summed E-state index contributed by atoms with van der Waals surface area (Å²) in [4.78, 5) is 9.14. The average molecular weight is 533 g/mol. The zero-order chi connectivity index (χ0) is 20.8. The number of guanidine groups is 1. The number of methoxy groups -OCH3 is 1. The summed E-state index contributed by atoms with van der Waals surface area (Å²) < 4.78 is 5.52. The fraction of sp³-hybridized carbons (Fsp3) is 0.375. The van der Waals surface area contributed by atoms with Gasteiger partial charge < -0.3 is 25.2 Å². The Morgan fingerprint density at radius 3 is 2.52 bits per heavy atom. The molecule has 0 aromatic heterocycles. The third-order valence-corrected chi connectivity index (χ3v) is 5.76. The van der Waals surface area contributed by atoms with Gasteiger partial charge >= 0.3 is 0 Å². The van der Waals surface area contributed by atoms with Gasteiger partial charge in [0.05, 0.1) is 12.8 Å². The third-order valence-electron chi connectivity index (χ3n) is 5.76. The number of aliphatic imine (C=N–C) groups is 1. The number of hydrogen-bond donors (Lipinski definition) is 2. The summed E-state index contributed by atoms with van der Waals surface area (Å²) >= 11 is 0. The van der Waals surface area contributed by atoms with Crippen LogP contribution in [-0.4, -0.2) is 52.3 Å². The molecule has 0 aliphatic carbocycles. The van der Waals surface area contributed by atoms with Gasteiger partial charge in [0, 0.05) is 51.5 Å². The molecule has 2 N–H and O–H groups in total. The molecule has 2 aromatic carbocycles. The number of hydrogen-bond acceptors (Lipinski definition) is 4. The number of nitrogens with zero attached hydrogens (tertiary/aromatic N) is 3. The van der Waals surface area contributed by atoms with Crippen molar-refractivity contribution in [2.75, 3.05) is 50.1 Å². The van der Waals surface area contributed by atoms with E-state index in [0.717, 1.165) is 56.5 Å². The molecule has 0 amide bonds. The first-order valence-electron chi connectivity index (χ1n) is 10.6. The summed E-state index contributed by atoms with van der Waals surface area (Å²) in [5.74, 6) is 1.77. The highest BCUT2D eigenvalue weighted by molar-refractivity contribution is 14.0. The number of halogens is 1. The number of ether oxygens (including phenoxy) is 1. The van der Waals surface area contributed by atoms with Crippen LogP contribution in [0.1, 0.15) is 12.0 Å². The van der Waals surface area contributed by atoms with Crippen molar-refractivity contribution in [3.8, 4) is 5.75 Å². The van der Waals surface area contributed by atoms with Gasteiger partial charge in [0.25, 0.3) is 0 Å². The fourth-order valence-corrected chi connectivity index (χ4v) is 4.08. The van der Waals surface area contributed by atoms with Crippen molar-refractivity contribution in [2.45, 2.75) is 19.0 Å². The van der Waals surface area contributed by atoms with E-state index >= 15 is 0 Å². The number of anilines is 2. The summed E-state index contributed by atoms with van der Waals surface area (Å²) in [5, 5.41) is 7.02. The summed E-state index contributed by atoms with van der Waals surface area (Å²) in [6.45, 7) is 4.69. The molecule has 4 rings (SSSR count). The monoisotopic (exact) mass is 533 g/mol. The Bertz CT molecular complexity index is 891. The number of para-hydroxylation sites is 2. The Labute approximate surface area is 202 Å². The molecular weight excluding hydrogens is 501 g/mol. The second kappa shape index (κ2) is 11.3. The molecule has 2 aromatic rings. The summed E-state index contributed by atoms with van der Waals surface area (Å²) in [6, 6.07) is 17.3. The van der Waals surface area contributed by atoms with E-state index in [0.29, 0.717) is 6.04 Å². The van der Waals surface area contributed by atoms with Crippen molar-refractivity contribution in [3.63, 3.8) is 0 Å². The van der Waals surface area contributed by atoms with Crippen molar-refractivity contribution in [2.24, 2.45) is 4.99 Å². The zero-order valence-electron chi connectivity index (χ0n) is 18.3. The highest BCUT2D eigenvalue weighted by Crippen LogP contribution is 2.30. The molecule has 31 heavy (non-hydrogen) atoms. The molecular formula is C24H32IN5O. The minimum Gasteiger partial charge on any atom is -0.495 e. The van der Waals surface area contributed by atoms with Gasteiger partial charge in [0.15, 0.2) is 5.96 Å². The molecule has 2 aliphatic rings. The minimum atomic E-state index is 0. The van der Waals surface area contributed by atoms with E-state index in [-0.39, 0.29) is 24.0 Å². The van der Waals surface area contributed by atoms with Crippen LogP contribution in [0.15, 0.2) is 65.7 Å². The second-order valence-corrected chi connectivity index (χ2v) is 7.72. The Hall–Kier alpha value is -2.42. The van der Waals surface area contributed by atoms with Crippen LogP contribution in [0, 0.1) is 0 Å². The lowest BCUT2D eigenvalue weighted by Gasteiger charge is -2.22. The van der Waals surface area contributed by atoms with E-state index < -0.39 is 0 Å². The molecule has 7 heteroatoms. The Morgan fingerprint density at radius 1 is 1.06 bits per heavy atom. The summed E-state index contributed by atoms with van der Waals surface area (Å²) in [5.41, 5.74) is 3.67. The zero-order valence-corrected chi connectivity index (χ0v) is 20.6. The maximum absolute atomic E-state index is 5.52. The number of nitrogens with one attached hydrogen (secondary N) is 2. The molecule has 0 bridgehead atoms. The fourth-order valence-electron chi connectivity index (χ4n) is 4.08. The molecule has 166 valence electrons. The minimum absolute atomic E-state index is 0. The molecule has 0 saturated carbocycles. The molecule has 2 heterocycles. The standard InChI is InChI=1S/C24H31N5O.HI/c1-25-24(26-17-19-9-11-21(12-10-19)28-14-5-6-15-28)27-20-13-16-29(18-20)22-7-3-4-8-23(22)30-2;/h3-12,20H,13-18H2,1-2H3,(H2,25,26,27);1H. The van der Waals surface area contributed by atoms with E-state index in [1.807, 2.05) is 19.2 Å². The van der Waals surface area contributed by atoms with Gasteiger partial charge in [-0.1, -0.05) is 36.4 Å². The van der Waals surface area contributed by atoms with E-state index in [4.69, 9.17) is 4.74 Å². The van der Waals surface area contributed by atoms with Crippen molar-refractivity contribution in [1.29, 1.82) is 0 Å². The quantitative estimate of drug-likeness (QED) is 0.257. The van der Waals surface area contributed by atoms with Crippen LogP contribution in [0.4, 0.5) is 11.4 Å².